The van der Waals surface area contributed by atoms with Crippen LogP contribution in [0.15, 0.2) is 24.4 Å². The van der Waals surface area contributed by atoms with Crippen molar-refractivity contribution >= 4 is 16.8 Å². The summed E-state index contributed by atoms with van der Waals surface area (Å²) in [6, 6.07) is 6.52. The van der Waals surface area contributed by atoms with E-state index in [1.807, 2.05) is 12.3 Å². The van der Waals surface area contributed by atoms with Gasteiger partial charge in [0.15, 0.2) is 0 Å². The highest BCUT2D eigenvalue weighted by Crippen LogP contribution is 2.23. The summed E-state index contributed by atoms with van der Waals surface area (Å²) in [4.78, 5) is 18.4. The zero-order valence-electron chi connectivity index (χ0n) is 15.6. The van der Waals surface area contributed by atoms with Gasteiger partial charge in [0.1, 0.15) is 0 Å². The number of carbonyl (C=O) groups excluding carboxylic acids is 1. The maximum Gasteiger partial charge on any atom is 0.224 e. The van der Waals surface area contributed by atoms with Crippen LogP contribution in [0.2, 0.25) is 0 Å². The van der Waals surface area contributed by atoms with Crippen molar-refractivity contribution in [3.05, 3.63) is 35.5 Å². The Morgan fingerprint density at radius 2 is 2.15 bits per heavy atom. The van der Waals surface area contributed by atoms with Crippen molar-refractivity contribution in [3.63, 3.8) is 0 Å². The largest absolute Gasteiger partial charge is 0.381 e. The Morgan fingerprint density at radius 3 is 2.92 bits per heavy atom. The smallest absolute Gasteiger partial charge is 0.224 e. The SMILES string of the molecule is Cc1cccc2[nH]cc(CC(=O)NC3CCN(CC4CCOC4)CC3)c12. The fourth-order valence-corrected chi connectivity index (χ4v) is 4.39. The van der Waals surface area contributed by atoms with Gasteiger partial charge in [0.2, 0.25) is 5.91 Å². The third-order valence-electron chi connectivity index (χ3n) is 5.84. The maximum absolute atomic E-state index is 12.5. The predicted octanol–water partition coefficient (Wildman–Crippen LogP) is 2.64. The molecule has 0 saturated carbocycles. The highest BCUT2D eigenvalue weighted by molar-refractivity contribution is 5.91. The fraction of sp³-hybridized carbons (Fsp3) is 0.571. The molecule has 1 aromatic heterocycles. The van der Waals surface area contributed by atoms with Crippen LogP contribution >= 0.6 is 0 Å². The summed E-state index contributed by atoms with van der Waals surface area (Å²) in [6.07, 6.45) is 5.72. The summed E-state index contributed by atoms with van der Waals surface area (Å²) in [7, 11) is 0. The van der Waals surface area contributed by atoms with Gasteiger partial charge >= 0.3 is 0 Å². The van der Waals surface area contributed by atoms with Gasteiger partial charge in [-0.2, -0.15) is 0 Å². The van der Waals surface area contributed by atoms with Crippen LogP contribution in [0, 0.1) is 12.8 Å². The number of nitrogens with one attached hydrogen (secondary N) is 2. The normalized spacial score (nSPS) is 22.1. The molecule has 5 heteroatoms. The summed E-state index contributed by atoms with van der Waals surface area (Å²) in [5.41, 5.74) is 3.42. The lowest BCUT2D eigenvalue weighted by Gasteiger charge is -2.33. The van der Waals surface area contributed by atoms with Gasteiger partial charge in [-0.1, -0.05) is 12.1 Å². The highest BCUT2D eigenvalue weighted by Gasteiger charge is 2.24. The number of hydrogen-bond donors (Lipinski definition) is 2. The molecule has 2 N–H and O–H groups in total. The van der Waals surface area contributed by atoms with Crippen molar-refractivity contribution < 1.29 is 9.53 Å². The number of benzene rings is 1. The van der Waals surface area contributed by atoms with Gasteiger partial charge in [0.05, 0.1) is 13.0 Å². The van der Waals surface area contributed by atoms with Crippen molar-refractivity contribution in [1.82, 2.24) is 15.2 Å². The van der Waals surface area contributed by atoms with E-state index in [0.717, 1.165) is 56.8 Å². The predicted molar refractivity (Wildman–Crippen MR) is 103 cm³/mol. The molecule has 2 aliphatic heterocycles. The van der Waals surface area contributed by atoms with Gasteiger partial charge in [-0.05, 0) is 49.3 Å². The lowest BCUT2D eigenvalue weighted by molar-refractivity contribution is -0.121. The van der Waals surface area contributed by atoms with E-state index in [1.165, 1.54) is 17.4 Å². The van der Waals surface area contributed by atoms with E-state index < -0.39 is 0 Å². The first-order chi connectivity index (χ1) is 12.7. The number of hydrogen-bond acceptors (Lipinski definition) is 3. The molecule has 1 aromatic carbocycles. The lowest BCUT2D eigenvalue weighted by atomic mass is 10.0. The van der Waals surface area contributed by atoms with Crippen LogP contribution in [0.3, 0.4) is 0 Å². The Labute approximate surface area is 155 Å². The van der Waals surface area contributed by atoms with Crippen molar-refractivity contribution in [2.45, 2.75) is 38.6 Å². The molecule has 0 radical (unpaired) electrons. The Bertz CT molecular complexity index is 756. The molecular formula is C21H29N3O2. The number of amides is 1. The number of fused-ring (bicyclic) bond motifs is 1. The van der Waals surface area contributed by atoms with Gasteiger partial charge < -0.3 is 19.9 Å². The Kier molecular flexibility index (Phi) is 5.27. The molecule has 4 rings (SSSR count). The van der Waals surface area contributed by atoms with Gasteiger partial charge in [0, 0.05) is 49.4 Å². The highest BCUT2D eigenvalue weighted by atomic mass is 16.5. The summed E-state index contributed by atoms with van der Waals surface area (Å²) in [5, 5.41) is 4.44. The molecule has 2 aliphatic rings. The summed E-state index contributed by atoms with van der Waals surface area (Å²) < 4.78 is 5.47. The molecule has 0 bridgehead atoms. The van der Waals surface area contributed by atoms with Crippen molar-refractivity contribution in [2.75, 3.05) is 32.8 Å². The van der Waals surface area contributed by atoms with E-state index in [4.69, 9.17) is 4.74 Å². The quantitative estimate of drug-likeness (QED) is 0.867. The summed E-state index contributed by atoms with van der Waals surface area (Å²) in [5.74, 6) is 0.836. The number of aromatic nitrogens is 1. The minimum atomic E-state index is 0.136. The van der Waals surface area contributed by atoms with Crippen LogP contribution in [-0.2, 0) is 16.0 Å². The van der Waals surface area contributed by atoms with E-state index in [-0.39, 0.29) is 5.91 Å². The van der Waals surface area contributed by atoms with Crippen LogP contribution in [0.1, 0.15) is 30.4 Å². The molecule has 3 heterocycles. The molecule has 1 unspecified atom stereocenters. The van der Waals surface area contributed by atoms with Gasteiger partial charge in [-0.25, -0.2) is 0 Å². The van der Waals surface area contributed by atoms with Crippen molar-refractivity contribution in [2.24, 2.45) is 5.92 Å². The number of likely N-dealkylation sites (tertiary alicyclic amines) is 1. The average Bonchev–Trinajstić information content (AvgIpc) is 3.27. The van der Waals surface area contributed by atoms with E-state index in [9.17, 15) is 4.79 Å². The molecule has 2 saturated heterocycles. The summed E-state index contributed by atoms with van der Waals surface area (Å²) >= 11 is 0. The maximum atomic E-state index is 12.5. The molecule has 5 nitrogen and oxygen atoms in total. The molecule has 0 spiro atoms. The van der Waals surface area contributed by atoms with Gasteiger partial charge in [0.25, 0.3) is 0 Å². The number of piperidine rings is 1. The second-order valence-electron chi connectivity index (χ2n) is 7.86. The molecule has 1 amide bonds. The van der Waals surface area contributed by atoms with E-state index in [2.05, 4.69) is 34.3 Å². The molecular weight excluding hydrogens is 326 g/mol. The topological polar surface area (TPSA) is 57.4 Å². The van der Waals surface area contributed by atoms with Crippen molar-refractivity contribution in [3.8, 4) is 0 Å². The van der Waals surface area contributed by atoms with Crippen LogP contribution in [-0.4, -0.2) is 54.7 Å². The number of carbonyl (C=O) groups is 1. The monoisotopic (exact) mass is 355 g/mol. The van der Waals surface area contributed by atoms with Gasteiger partial charge in [-0.15, -0.1) is 0 Å². The average molecular weight is 355 g/mol. The molecule has 0 aliphatic carbocycles. The second-order valence-corrected chi connectivity index (χ2v) is 7.86. The Hall–Kier alpha value is -1.85. The first-order valence-corrected chi connectivity index (χ1v) is 9.84. The third kappa shape index (κ3) is 3.94. The molecule has 140 valence electrons. The number of aromatic amines is 1. The van der Waals surface area contributed by atoms with E-state index >= 15 is 0 Å². The number of ether oxygens (including phenoxy) is 1. The fourth-order valence-electron chi connectivity index (χ4n) is 4.39. The van der Waals surface area contributed by atoms with Crippen LogP contribution in [0.5, 0.6) is 0 Å². The number of rotatable bonds is 5. The molecule has 2 fully saturated rings. The number of nitrogens with zero attached hydrogens (tertiary/aromatic N) is 1. The lowest BCUT2D eigenvalue weighted by Crippen LogP contribution is -2.46. The zero-order valence-corrected chi connectivity index (χ0v) is 15.6. The van der Waals surface area contributed by atoms with Crippen LogP contribution in [0.4, 0.5) is 0 Å². The van der Waals surface area contributed by atoms with E-state index in [0.29, 0.717) is 18.4 Å². The van der Waals surface area contributed by atoms with Crippen LogP contribution < -0.4 is 5.32 Å². The van der Waals surface area contributed by atoms with Crippen LogP contribution in [0.25, 0.3) is 10.9 Å². The Balaban J connectivity index is 1.27. The molecule has 2 aromatic rings. The van der Waals surface area contributed by atoms with Crippen molar-refractivity contribution in [1.29, 1.82) is 0 Å². The molecule has 26 heavy (non-hydrogen) atoms. The second kappa shape index (κ2) is 7.80. The minimum absolute atomic E-state index is 0.136. The zero-order chi connectivity index (χ0) is 17.9. The minimum Gasteiger partial charge on any atom is -0.381 e. The summed E-state index contributed by atoms with van der Waals surface area (Å²) in [6.45, 7) is 7.24. The Morgan fingerprint density at radius 1 is 1.31 bits per heavy atom. The third-order valence-corrected chi connectivity index (χ3v) is 5.84. The first kappa shape index (κ1) is 17.6. The van der Waals surface area contributed by atoms with E-state index in [1.54, 1.807) is 0 Å². The first-order valence-electron chi connectivity index (χ1n) is 9.84. The number of H-pyrrole nitrogens is 1. The molecule has 1 atom stereocenters. The number of aryl methyl sites for hydroxylation is 1. The van der Waals surface area contributed by atoms with Gasteiger partial charge in [-0.3, -0.25) is 4.79 Å². The standard InChI is InChI=1S/C21H29N3O2/c1-15-3-2-4-19-21(15)17(12-22-19)11-20(25)23-18-5-8-24(9-6-18)13-16-7-10-26-14-16/h2-4,12,16,18,22H,5-11,13-14H2,1H3,(H,23,25).